The van der Waals surface area contributed by atoms with E-state index in [0.29, 0.717) is 16.8 Å². The number of likely N-dealkylation sites (tertiary alicyclic amines) is 2. The highest BCUT2D eigenvalue weighted by atomic mass is 35.5. The van der Waals surface area contributed by atoms with Gasteiger partial charge in [0, 0.05) is 25.3 Å². The number of pyridine rings is 1. The van der Waals surface area contributed by atoms with Crippen molar-refractivity contribution >= 4 is 17.5 Å². The van der Waals surface area contributed by atoms with E-state index in [1.54, 1.807) is 18.3 Å². The largest absolute Gasteiger partial charge is 0.338 e. The summed E-state index contributed by atoms with van der Waals surface area (Å²) in [5.74, 6) is 0.0187. The molecule has 2 fully saturated rings. The molecule has 0 bridgehead atoms. The molecule has 0 unspecified atom stereocenters. The minimum atomic E-state index is 0.0187. The Morgan fingerprint density at radius 3 is 2.52 bits per heavy atom. The van der Waals surface area contributed by atoms with Gasteiger partial charge in [-0.15, -0.1) is 0 Å². The van der Waals surface area contributed by atoms with Crippen LogP contribution in [0.3, 0.4) is 0 Å². The van der Waals surface area contributed by atoms with Gasteiger partial charge in [-0.3, -0.25) is 4.79 Å². The average molecular weight is 308 g/mol. The molecule has 1 amide bonds. The van der Waals surface area contributed by atoms with Crippen molar-refractivity contribution in [1.82, 2.24) is 14.8 Å². The lowest BCUT2D eigenvalue weighted by Crippen LogP contribution is -2.48. The van der Waals surface area contributed by atoms with Crippen molar-refractivity contribution in [3.8, 4) is 0 Å². The number of aromatic nitrogens is 1. The summed E-state index contributed by atoms with van der Waals surface area (Å²) in [7, 11) is 0. The van der Waals surface area contributed by atoms with Crippen molar-refractivity contribution in [2.75, 3.05) is 26.2 Å². The quantitative estimate of drug-likeness (QED) is 0.788. The molecule has 0 saturated carbocycles. The highest BCUT2D eigenvalue weighted by Crippen LogP contribution is 2.23. The zero-order valence-electron chi connectivity index (χ0n) is 12.3. The first kappa shape index (κ1) is 14.8. The summed E-state index contributed by atoms with van der Waals surface area (Å²) < 4.78 is 0. The summed E-state index contributed by atoms with van der Waals surface area (Å²) in [5, 5.41) is 0.306. The molecule has 21 heavy (non-hydrogen) atoms. The van der Waals surface area contributed by atoms with Crippen LogP contribution in [0.5, 0.6) is 0 Å². The fourth-order valence-corrected chi connectivity index (χ4v) is 3.63. The van der Waals surface area contributed by atoms with Crippen LogP contribution in [-0.4, -0.2) is 52.9 Å². The SMILES string of the molecule is O=C(c1cccnc1Cl)N1CCC(N2CCCCC2)CC1. The minimum Gasteiger partial charge on any atom is -0.338 e. The summed E-state index contributed by atoms with van der Waals surface area (Å²) in [6.07, 6.45) is 7.77. The smallest absolute Gasteiger partial charge is 0.256 e. The van der Waals surface area contributed by atoms with Crippen molar-refractivity contribution in [1.29, 1.82) is 0 Å². The van der Waals surface area contributed by atoms with Crippen LogP contribution in [0.15, 0.2) is 18.3 Å². The lowest BCUT2D eigenvalue weighted by Gasteiger charge is -2.40. The first-order valence-electron chi connectivity index (χ1n) is 7.89. The van der Waals surface area contributed by atoms with Crippen molar-refractivity contribution < 1.29 is 4.79 Å². The van der Waals surface area contributed by atoms with E-state index >= 15 is 0 Å². The fraction of sp³-hybridized carbons (Fsp3) is 0.625. The van der Waals surface area contributed by atoms with Crippen molar-refractivity contribution in [3.05, 3.63) is 29.0 Å². The topological polar surface area (TPSA) is 36.4 Å². The van der Waals surface area contributed by atoms with Crippen LogP contribution in [0.1, 0.15) is 42.5 Å². The summed E-state index contributed by atoms with van der Waals surface area (Å²) in [4.78, 5) is 21.0. The lowest BCUT2D eigenvalue weighted by molar-refractivity contribution is 0.0590. The molecular weight excluding hydrogens is 286 g/mol. The third-order valence-electron chi connectivity index (χ3n) is 4.65. The molecule has 0 spiro atoms. The van der Waals surface area contributed by atoms with Crippen LogP contribution in [-0.2, 0) is 0 Å². The number of carbonyl (C=O) groups is 1. The molecule has 3 rings (SSSR count). The van der Waals surface area contributed by atoms with Gasteiger partial charge in [0.05, 0.1) is 5.56 Å². The molecule has 0 aliphatic carbocycles. The second kappa shape index (κ2) is 6.75. The Morgan fingerprint density at radius 1 is 1.14 bits per heavy atom. The monoisotopic (exact) mass is 307 g/mol. The van der Waals surface area contributed by atoms with Crippen LogP contribution in [0.25, 0.3) is 0 Å². The maximum Gasteiger partial charge on any atom is 0.256 e. The average Bonchev–Trinajstić information content (AvgIpc) is 2.56. The standard InChI is InChI=1S/C16H22ClN3O/c17-15-14(5-4-8-18-15)16(21)20-11-6-13(7-12-20)19-9-2-1-3-10-19/h4-5,8,13H,1-3,6-7,9-12H2. The predicted octanol–water partition coefficient (Wildman–Crippen LogP) is 2.83. The summed E-state index contributed by atoms with van der Waals surface area (Å²) in [5.41, 5.74) is 0.524. The lowest BCUT2D eigenvalue weighted by atomic mass is 9.99. The Balaban J connectivity index is 1.58. The molecule has 114 valence electrons. The normalized spacial score (nSPS) is 21.5. The molecule has 4 nitrogen and oxygen atoms in total. The molecule has 0 atom stereocenters. The Hall–Kier alpha value is -1.13. The third-order valence-corrected chi connectivity index (χ3v) is 4.95. The molecule has 2 aliphatic rings. The van der Waals surface area contributed by atoms with Gasteiger partial charge < -0.3 is 9.80 Å². The Labute approximate surface area is 131 Å². The van der Waals surface area contributed by atoms with Gasteiger partial charge in [-0.1, -0.05) is 18.0 Å². The van der Waals surface area contributed by atoms with Crippen LogP contribution in [0, 0.1) is 0 Å². The molecule has 1 aromatic rings. The van der Waals surface area contributed by atoms with E-state index in [1.807, 2.05) is 4.90 Å². The Kier molecular flexibility index (Phi) is 4.76. The number of carbonyl (C=O) groups excluding carboxylic acids is 1. The number of hydrogen-bond donors (Lipinski definition) is 0. The fourth-order valence-electron chi connectivity index (χ4n) is 3.43. The van der Waals surface area contributed by atoms with E-state index in [2.05, 4.69) is 9.88 Å². The van der Waals surface area contributed by atoms with Gasteiger partial charge in [0.25, 0.3) is 5.91 Å². The second-order valence-electron chi connectivity index (χ2n) is 5.96. The Bertz CT molecular complexity index is 494. The third kappa shape index (κ3) is 3.38. The molecule has 2 saturated heterocycles. The van der Waals surface area contributed by atoms with Gasteiger partial charge in [0.1, 0.15) is 5.15 Å². The van der Waals surface area contributed by atoms with E-state index in [1.165, 1.54) is 32.4 Å². The molecule has 0 aromatic carbocycles. The molecule has 0 radical (unpaired) electrons. The van der Waals surface area contributed by atoms with E-state index in [9.17, 15) is 4.79 Å². The van der Waals surface area contributed by atoms with Crippen molar-refractivity contribution in [3.63, 3.8) is 0 Å². The molecule has 0 N–H and O–H groups in total. The van der Waals surface area contributed by atoms with Gasteiger partial charge in [-0.2, -0.15) is 0 Å². The number of nitrogens with zero attached hydrogens (tertiary/aromatic N) is 3. The summed E-state index contributed by atoms with van der Waals surface area (Å²) in [6, 6.07) is 4.17. The molecule has 2 aliphatic heterocycles. The van der Waals surface area contributed by atoms with Gasteiger partial charge in [0.15, 0.2) is 0 Å². The number of piperidine rings is 2. The van der Waals surface area contributed by atoms with E-state index < -0.39 is 0 Å². The number of amides is 1. The molecule has 1 aromatic heterocycles. The number of halogens is 1. The Morgan fingerprint density at radius 2 is 1.86 bits per heavy atom. The molecular formula is C16H22ClN3O. The number of hydrogen-bond acceptors (Lipinski definition) is 3. The molecule has 3 heterocycles. The minimum absolute atomic E-state index is 0.0187. The van der Waals surface area contributed by atoms with Crippen LogP contribution < -0.4 is 0 Å². The van der Waals surface area contributed by atoms with Gasteiger partial charge in [-0.25, -0.2) is 4.98 Å². The summed E-state index contributed by atoms with van der Waals surface area (Å²) >= 11 is 6.02. The van der Waals surface area contributed by atoms with E-state index in [-0.39, 0.29) is 5.91 Å². The summed E-state index contributed by atoms with van der Waals surface area (Å²) in [6.45, 7) is 4.11. The van der Waals surface area contributed by atoms with E-state index in [0.717, 1.165) is 25.9 Å². The van der Waals surface area contributed by atoms with Crippen LogP contribution in [0.4, 0.5) is 0 Å². The highest BCUT2D eigenvalue weighted by Gasteiger charge is 2.28. The zero-order chi connectivity index (χ0) is 14.7. The van der Waals surface area contributed by atoms with Gasteiger partial charge in [-0.05, 0) is 50.9 Å². The highest BCUT2D eigenvalue weighted by molar-refractivity contribution is 6.32. The zero-order valence-corrected chi connectivity index (χ0v) is 13.1. The first-order valence-corrected chi connectivity index (χ1v) is 8.27. The maximum absolute atomic E-state index is 12.5. The van der Waals surface area contributed by atoms with Crippen LogP contribution in [0.2, 0.25) is 5.15 Å². The predicted molar refractivity (Wildman–Crippen MR) is 83.6 cm³/mol. The van der Waals surface area contributed by atoms with Crippen molar-refractivity contribution in [2.24, 2.45) is 0 Å². The van der Waals surface area contributed by atoms with Crippen LogP contribution >= 0.6 is 11.6 Å². The van der Waals surface area contributed by atoms with Gasteiger partial charge in [0.2, 0.25) is 0 Å². The van der Waals surface area contributed by atoms with Crippen molar-refractivity contribution in [2.45, 2.75) is 38.1 Å². The second-order valence-corrected chi connectivity index (χ2v) is 6.32. The first-order chi connectivity index (χ1) is 10.3. The van der Waals surface area contributed by atoms with E-state index in [4.69, 9.17) is 11.6 Å². The number of rotatable bonds is 2. The van der Waals surface area contributed by atoms with Gasteiger partial charge >= 0.3 is 0 Å². The maximum atomic E-state index is 12.5. The molecule has 5 heteroatoms.